The molecule has 3 N–H and O–H groups in total. The van der Waals surface area contributed by atoms with E-state index in [1.54, 1.807) is 49.2 Å². The topological polar surface area (TPSA) is 139 Å². The van der Waals surface area contributed by atoms with Crippen LogP contribution in [0.4, 0.5) is 21.0 Å². The van der Waals surface area contributed by atoms with Crippen molar-refractivity contribution in [2.45, 2.75) is 58.3 Å². The summed E-state index contributed by atoms with van der Waals surface area (Å²) in [5, 5.41) is 15.7. The number of nitrogens with zero attached hydrogens (tertiary/aromatic N) is 2. The number of fused-ring (bicyclic) bond motifs is 1. The molecule has 12 nitrogen and oxygen atoms in total. The van der Waals surface area contributed by atoms with Gasteiger partial charge in [-0.25, -0.2) is 9.59 Å². The largest absolute Gasteiger partial charge is 0.490 e. The molecule has 1 aliphatic rings. The van der Waals surface area contributed by atoms with Gasteiger partial charge in [-0.05, 0) is 63.4 Å². The predicted molar refractivity (Wildman–Crippen MR) is 172 cm³/mol. The highest BCUT2D eigenvalue weighted by molar-refractivity contribution is 6.02. The molecule has 1 heterocycles. The van der Waals surface area contributed by atoms with Gasteiger partial charge < -0.3 is 44.5 Å². The van der Waals surface area contributed by atoms with Gasteiger partial charge in [0.15, 0.2) is 0 Å². The highest BCUT2D eigenvalue weighted by atomic mass is 16.6. The van der Waals surface area contributed by atoms with E-state index < -0.39 is 24.3 Å². The number of para-hydroxylation sites is 1. The van der Waals surface area contributed by atoms with Crippen molar-refractivity contribution in [2.24, 2.45) is 5.92 Å². The standard InChI is InChI=1S/C33H48N4O8/c1-23-20-37(24(2)22-38)31(39)28-19-27(35-32(40)34-26-12-7-6-8-13-26)14-15-29(28)45-25(3)11-9-10-16-43-30(23)21-36(4)33(41)44-18-17-42-5/h6-8,12-15,19,23-25,30,38H,9-11,16-18,20-22H2,1-5H3,(H2,34,35,40)/t23-,24+,25+,30+/m1/s1. The van der Waals surface area contributed by atoms with Gasteiger partial charge in [-0.3, -0.25) is 4.79 Å². The Labute approximate surface area is 265 Å². The third-order valence-electron chi connectivity index (χ3n) is 7.62. The molecule has 2 aromatic rings. The number of ether oxygens (including phenoxy) is 4. The molecule has 12 heteroatoms. The number of rotatable bonds is 9. The summed E-state index contributed by atoms with van der Waals surface area (Å²) in [5.41, 5.74) is 1.30. The fourth-order valence-corrected chi connectivity index (χ4v) is 4.94. The van der Waals surface area contributed by atoms with E-state index in [0.29, 0.717) is 30.3 Å². The Hall–Kier alpha value is -3.87. The van der Waals surface area contributed by atoms with Crippen molar-refractivity contribution in [3.63, 3.8) is 0 Å². The van der Waals surface area contributed by atoms with Gasteiger partial charge >= 0.3 is 12.1 Å². The number of urea groups is 1. The monoisotopic (exact) mass is 628 g/mol. The van der Waals surface area contributed by atoms with Crippen molar-refractivity contribution in [3.8, 4) is 5.75 Å². The highest BCUT2D eigenvalue weighted by Crippen LogP contribution is 2.28. The minimum absolute atomic E-state index is 0.140. The van der Waals surface area contributed by atoms with Gasteiger partial charge in [-0.2, -0.15) is 0 Å². The molecule has 0 saturated carbocycles. The number of amides is 4. The number of nitrogens with one attached hydrogen (secondary N) is 2. The zero-order valence-electron chi connectivity index (χ0n) is 27.0. The average molecular weight is 629 g/mol. The van der Waals surface area contributed by atoms with Crippen LogP contribution >= 0.6 is 0 Å². The Morgan fingerprint density at radius 2 is 1.82 bits per heavy atom. The second kappa shape index (κ2) is 18.2. The van der Waals surface area contributed by atoms with Crippen molar-refractivity contribution in [3.05, 3.63) is 54.1 Å². The first-order valence-corrected chi connectivity index (χ1v) is 15.5. The average Bonchev–Trinajstić information content (AvgIpc) is 3.02. The van der Waals surface area contributed by atoms with Crippen LogP contribution in [0.25, 0.3) is 0 Å². The molecule has 0 fully saturated rings. The van der Waals surface area contributed by atoms with Crippen LogP contribution in [0, 0.1) is 5.92 Å². The fourth-order valence-electron chi connectivity index (χ4n) is 4.94. The van der Waals surface area contributed by atoms with E-state index in [1.165, 1.54) is 12.0 Å². The maximum Gasteiger partial charge on any atom is 0.409 e. The van der Waals surface area contributed by atoms with E-state index in [2.05, 4.69) is 10.6 Å². The fraction of sp³-hybridized carbons (Fsp3) is 0.545. The summed E-state index contributed by atoms with van der Waals surface area (Å²) in [7, 11) is 3.18. The molecule has 45 heavy (non-hydrogen) atoms. The molecule has 1 aliphatic heterocycles. The van der Waals surface area contributed by atoms with Crippen molar-refractivity contribution < 1.29 is 38.4 Å². The number of likely N-dealkylation sites (N-methyl/N-ethyl adjacent to an activating group) is 1. The Bertz CT molecular complexity index is 1230. The molecule has 4 amide bonds. The van der Waals surface area contributed by atoms with E-state index in [1.807, 2.05) is 32.0 Å². The first-order chi connectivity index (χ1) is 21.6. The van der Waals surface area contributed by atoms with Crippen molar-refractivity contribution in [1.29, 1.82) is 0 Å². The second-order valence-corrected chi connectivity index (χ2v) is 11.4. The Balaban J connectivity index is 1.88. The molecule has 3 rings (SSSR count). The molecule has 0 radical (unpaired) electrons. The summed E-state index contributed by atoms with van der Waals surface area (Å²) in [5.74, 6) is -0.185. The molecule has 4 atom stereocenters. The van der Waals surface area contributed by atoms with Crippen LogP contribution in [-0.4, -0.2) is 105 Å². The van der Waals surface area contributed by atoms with Gasteiger partial charge in [-0.15, -0.1) is 0 Å². The number of anilines is 2. The minimum atomic E-state index is -0.534. The van der Waals surface area contributed by atoms with Gasteiger partial charge in [0.1, 0.15) is 12.4 Å². The molecule has 0 unspecified atom stereocenters. The molecular formula is C33H48N4O8. The summed E-state index contributed by atoms with van der Waals surface area (Å²) in [6.45, 7) is 6.81. The summed E-state index contributed by atoms with van der Waals surface area (Å²) >= 11 is 0. The smallest absolute Gasteiger partial charge is 0.409 e. The maximum absolute atomic E-state index is 14.2. The van der Waals surface area contributed by atoms with Gasteiger partial charge in [0.2, 0.25) is 0 Å². The molecule has 0 aromatic heterocycles. The van der Waals surface area contributed by atoms with Gasteiger partial charge in [-0.1, -0.05) is 25.1 Å². The SMILES string of the molecule is COCCOC(=O)N(C)C[C@@H]1OCCCC[C@H](C)Oc2ccc(NC(=O)Nc3ccccc3)cc2C(=O)N([C@@H](C)CO)C[C@H]1C. The first-order valence-electron chi connectivity index (χ1n) is 15.5. The van der Waals surface area contributed by atoms with Gasteiger partial charge in [0.25, 0.3) is 5.91 Å². The molecule has 0 bridgehead atoms. The molecule has 0 spiro atoms. The number of carbonyl (C=O) groups is 3. The third kappa shape index (κ3) is 11.2. The number of hydrogen-bond acceptors (Lipinski definition) is 8. The zero-order valence-corrected chi connectivity index (χ0v) is 27.0. The molecular weight excluding hydrogens is 580 g/mol. The van der Waals surface area contributed by atoms with E-state index in [-0.39, 0.29) is 49.8 Å². The summed E-state index contributed by atoms with van der Waals surface area (Å²) in [6.07, 6.45) is 1.28. The number of methoxy groups -OCH3 is 1. The molecule has 248 valence electrons. The van der Waals surface area contributed by atoms with E-state index in [0.717, 1.165) is 19.3 Å². The van der Waals surface area contributed by atoms with Crippen LogP contribution in [-0.2, 0) is 14.2 Å². The van der Waals surface area contributed by atoms with Crippen LogP contribution < -0.4 is 15.4 Å². The number of aliphatic hydroxyl groups is 1. The highest BCUT2D eigenvalue weighted by Gasteiger charge is 2.31. The second-order valence-electron chi connectivity index (χ2n) is 11.4. The third-order valence-corrected chi connectivity index (χ3v) is 7.62. The van der Waals surface area contributed by atoms with Crippen LogP contribution in [0.1, 0.15) is 50.4 Å². The summed E-state index contributed by atoms with van der Waals surface area (Å²) in [4.78, 5) is 42.6. The normalized spacial score (nSPS) is 20.2. The molecule has 0 aliphatic carbocycles. The van der Waals surface area contributed by atoms with Crippen molar-refractivity contribution in [2.75, 3.05) is 64.3 Å². The lowest BCUT2D eigenvalue weighted by Crippen LogP contribution is -2.48. The van der Waals surface area contributed by atoms with Gasteiger partial charge in [0, 0.05) is 44.6 Å². The lowest BCUT2D eigenvalue weighted by molar-refractivity contribution is -0.0179. The number of benzene rings is 2. The first kappa shape index (κ1) is 35.6. The lowest BCUT2D eigenvalue weighted by atomic mass is 10.0. The Kier molecular flexibility index (Phi) is 14.4. The van der Waals surface area contributed by atoms with Gasteiger partial charge in [0.05, 0.1) is 43.6 Å². The number of aliphatic hydroxyl groups excluding tert-OH is 1. The molecule has 0 saturated heterocycles. The van der Waals surface area contributed by atoms with Crippen molar-refractivity contribution in [1.82, 2.24) is 9.80 Å². The van der Waals surface area contributed by atoms with E-state index >= 15 is 0 Å². The predicted octanol–water partition coefficient (Wildman–Crippen LogP) is 4.84. The minimum Gasteiger partial charge on any atom is -0.490 e. The van der Waals surface area contributed by atoms with E-state index in [9.17, 15) is 19.5 Å². The number of hydrogen-bond donors (Lipinski definition) is 3. The summed E-state index contributed by atoms with van der Waals surface area (Å²) < 4.78 is 22.8. The summed E-state index contributed by atoms with van der Waals surface area (Å²) in [6, 6.07) is 13.0. The van der Waals surface area contributed by atoms with Crippen LogP contribution in [0.2, 0.25) is 0 Å². The van der Waals surface area contributed by atoms with Crippen molar-refractivity contribution >= 4 is 29.4 Å². The van der Waals surface area contributed by atoms with E-state index in [4.69, 9.17) is 18.9 Å². The zero-order chi connectivity index (χ0) is 32.8. The van der Waals surface area contributed by atoms with Crippen LogP contribution in [0.3, 0.4) is 0 Å². The van der Waals surface area contributed by atoms with Crippen LogP contribution in [0.5, 0.6) is 5.75 Å². The van der Waals surface area contributed by atoms with Crippen LogP contribution in [0.15, 0.2) is 48.5 Å². The lowest BCUT2D eigenvalue weighted by Gasteiger charge is -2.35. The Morgan fingerprint density at radius 3 is 2.53 bits per heavy atom. The molecule has 2 aromatic carbocycles. The quantitative estimate of drug-likeness (QED) is 0.336. The number of carbonyl (C=O) groups excluding carboxylic acids is 3. The maximum atomic E-state index is 14.2. The Morgan fingerprint density at radius 1 is 1.09 bits per heavy atom.